The molecule has 4 aliphatic carbocycles. The highest BCUT2D eigenvalue weighted by Gasteiger charge is 2.51. The van der Waals surface area contributed by atoms with Gasteiger partial charge in [-0.2, -0.15) is 0 Å². The molecule has 1 heterocycles. The first-order valence-electron chi connectivity index (χ1n) is 10.2. The van der Waals surface area contributed by atoms with E-state index in [9.17, 15) is 14.4 Å². The molecule has 3 amide bonds. The fraction of sp³-hybridized carbons (Fsp3) is 0.591. The van der Waals surface area contributed by atoms with Crippen LogP contribution in [0.2, 0.25) is 0 Å². The van der Waals surface area contributed by atoms with E-state index in [-0.39, 0.29) is 23.3 Å². The minimum atomic E-state index is -0.108. The van der Waals surface area contributed by atoms with Crippen molar-refractivity contribution in [1.29, 1.82) is 0 Å². The molecule has 0 spiro atoms. The topological polar surface area (TPSA) is 66.5 Å². The molecule has 27 heavy (non-hydrogen) atoms. The van der Waals surface area contributed by atoms with Crippen LogP contribution in [0, 0.1) is 17.8 Å². The number of nitrogens with one attached hydrogen (secondary N) is 1. The number of amides is 3. The van der Waals surface area contributed by atoms with Crippen molar-refractivity contribution in [3.63, 3.8) is 0 Å². The number of imide groups is 1. The van der Waals surface area contributed by atoms with Gasteiger partial charge in [0.25, 0.3) is 5.91 Å². The number of hydrogen-bond donors (Lipinski definition) is 1. The molecule has 5 aliphatic rings. The molecule has 0 aromatic heterocycles. The average Bonchev–Trinajstić information content (AvgIpc) is 2.93. The summed E-state index contributed by atoms with van der Waals surface area (Å²) in [5.41, 5.74) is 1.55. The quantitative estimate of drug-likeness (QED) is 0.833. The van der Waals surface area contributed by atoms with E-state index in [1.54, 1.807) is 0 Å². The van der Waals surface area contributed by atoms with Crippen LogP contribution in [0.5, 0.6) is 0 Å². The number of nitrogens with zero attached hydrogens (tertiary/aromatic N) is 1. The van der Waals surface area contributed by atoms with Crippen molar-refractivity contribution in [1.82, 2.24) is 10.2 Å². The van der Waals surface area contributed by atoms with E-state index in [0.717, 1.165) is 42.6 Å². The van der Waals surface area contributed by atoms with Crippen LogP contribution in [0.15, 0.2) is 24.3 Å². The van der Waals surface area contributed by atoms with Crippen molar-refractivity contribution in [2.75, 3.05) is 0 Å². The molecule has 0 unspecified atom stereocenters. The monoisotopic (exact) mass is 366 g/mol. The highest BCUT2D eigenvalue weighted by Crippen LogP contribution is 2.55. The van der Waals surface area contributed by atoms with Gasteiger partial charge in [0.05, 0.1) is 6.54 Å². The van der Waals surface area contributed by atoms with Gasteiger partial charge in [-0.1, -0.05) is 12.1 Å². The molecule has 4 saturated carbocycles. The number of likely N-dealkylation sites (tertiary alicyclic amines) is 1. The molecule has 5 nitrogen and oxygen atoms in total. The van der Waals surface area contributed by atoms with E-state index in [2.05, 4.69) is 5.32 Å². The summed E-state index contributed by atoms with van der Waals surface area (Å²) in [6.07, 6.45) is 8.12. The maximum Gasteiger partial charge on any atom is 0.251 e. The summed E-state index contributed by atoms with van der Waals surface area (Å²) in [6, 6.07) is 7.34. The van der Waals surface area contributed by atoms with Crippen molar-refractivity contribution in [3.05, 3.63) is 35.4 Å². The maximum absolute atomic E-state index is 12.9. The first kappa shape index (κ1) is 17.0. The molecule has 1 saturated heterocycles. The summed E-state index contributed by atoms with van der Waals surface area (Å²) in [6.45, 7) is 0.300. The Labute approximate surface area is 159 Å². The Morgan fingerprint density at radius 1 is 0.926 bits per heavy atom. The van der Waals surface area contributed by atoms with Gasteiger partial charge in [-0.25, -0.2) is 0 Å². The van der Waals surface area contributed by atoms with Gasteiger partial charge < -0.3 is 5.32 Å². The lowest BCUT2D eigenvalue weighted by molar-refractivity contribution is -0.139. The molecular formula is C22H26N2O3. The van der Waals surface area contributed by atoms with Crippen LogP contribution >= 0.6 is 0 Å². The van der Waals surface area contributed by atoms with Crippen LogP contribution in [-0.2, 0) is 16.1 Å². The highest BCUT2D eigenvalue weighted by atomic mass is 16.2. The molecule has 5 heteroatoms. The molecule has 142 valence electrons. The third-order valence-electron chi connectivity index (χ3n) is 7.13. The Balaban J connectivity index is 1.26. The smallest absolute Gasteiger partial charge is 0.251 e. The Morgan fingerprint density at radius 3 is 1.96 bits per heavy atom. The first-order valence-corrected chi connectivity index (χ1v) is 10.2. The Morgan fingerprint density at radius 2 is 1.44 bits per heavy atom. The lowest BCUT2D eigenvalue weighted by atomic mass is 9.53. The Bertz CT molecular complexity index is 747. The van der Waals surface area contributed by atoms with Gasteiger partial charge in [0.2, 0.25) is 11.8 Å². The number of carbonyl (C=O) groups is 3. The zero-order chi connectivity index (χ0) is 18.6. The van der Waals surface area contributed by atoms with Crippen LogP contribution in [0.25, 0.3) is 0 Å². The zero-order valence-electron chi connectivity index (χ0n) is 15.6. The predicted molar refractivity (Wildman–Crippen MR) is 99.6 cm³/mol. The SMILES string of the molecule is O=C(NC12CC3CC(CC(C3)C1)C2)c1ccc(CN2C(=O)CCC2=O)cc1. The normalized spacial score (nSPS) is 34.4. The average molecular weight is 366 g/mol. The molecule has 1 aliphatic heterocycles. The third-order valence-corrected chi connectivity index (χ3v) is 7.13. The van der Waals surface area contributed by atoms with Crippen molar-refractivity contribution >= 4 is 17.7 Å². The summed E-state index contributed by atoms with van der Waals surface area (Å²) in [7, 11) is 0. The number of benzene rings is 1. The summed E-state index contributed by atoms with van der Waals surface area (Å²) < 4.78 is 0. The molecule has 0 atom stereocenters. The highest BCUT2D eigenvalue weighted by molar-refractivity contribution is 6.01. The molecule has 6 rings (SSSR count). The summed E-state index contributed by atoms with van der Waals surface area (Å²) in [4.78, 5) is 37.7. The predicted octanol–water partition coefficient (Wildman–Crippen LogP) is 3.03. The zero-order valence-corrected chi connectivity index (χ0v) is 15.6. The van der Waals surface area contributed by atoms with E-state index in [1.807, 2.05) is 24.3 Å². The van der Waals surface area contributed by atoms with E-state index in [1.165, 1.54) is 24.2 Å². The fourth-order valence-corrected chi connectivity index (χ4v) is 6.32. The first-order chi connectivity index (χ1) is 13.0. The van der Waals surface area contributed by atoms with E-state index >= 15 is 0 Å². The molecule has 4 bridgehead atoms. The second kappa shape index (κ2) is 6.18. The molecule has 1 aromatic carbocycles. The molecule has 5 fully saturated rings. The minimum absolute atomic E-state index is 0.0109. The van der Waals surface area contributed by atoms with Crippen molar-refractivity contribution < 1.29 is 14.4 Å². The summed E-state index contributed by atoms with van der Waals surface area (Å²) in [5.74, 6) is 2.20. The van der Waals surface area contributed by atoms with Crippen molar-refractivity contribution in [3.8, 4) is 0 Å². The lowest BCUT2D eigenvalue weighted by Crippen LogP contribution is -2.59. The number of rotatable bonds is 4. The number of hydrogen-bond acceptors (Lipinski definition) is 3. The van der Waals surface area contributed by atoms with E-state index < -0.39 is 0 Å². The van der Waals surface area contributed by atoms with Gasteiger partial charge in [0, 0.05) is 23.9 Å². The van der Waals surface area contributed by atoms with Crippen molar-refractivity contribution in [2.45, 2.75) is 63.5 Å². The van der Waals surface area contributed by atoms with Gasteiger partial charge in [-0.15, -0.1) is 0 Å². The standard InChI is InChI=1S/C22H26N2O3/c25-19-5-6-20(26)24(19)13-14-1-3-18(4-2-14)21(27)23-22-10-15-7-16(11-22)9-17(8-15)12-22/h1-4,15-17H,5-13H2,(H,23,27). The second-order valence-electron chi connectivity index (χ2n) is 9.22. The lowest BCUT2D eigenvalue weighted by Gasteiger charge is -2.56. The Hall–Kier alpha value is -2.17. The third kappa shape index (κ3) is 3.07. The minimum Gasteiger partial charge on any atom is -0.347 e. The van der Waals surface area contributed by atoms with Gasteiger partial charge in [-0.3, -0.25) is 19.3 Å². The molecule has 0 radical (unpaired) electrons. The molecule has 1 aromatic rings. The van der Waals surface area contributed by atoms with Crippen LogP contribution in [-0.4, -0.2) is 28.2 Å². The molecular weight excluding hydrogens is 340 g/mol. The fourth-order valence-electron chi connectivity index (χ4n) is 6.32. The van der Waals surface area contributed by atoms with Gasteiger partial charge in [0.1, 0.15) is 0 Å². The van der Waals surface area contributed by atoms with E-state index in [4.69, 9.17) is 0 Å². The van der Waals surface area contributed by atoms with Gasteiger partial charge in [0.15, 0.2) is 0 Å². The Kier molecular flexibility index (Phi) is 3.88. The van der Waals surface area contributed by atoms with Gasteiger partial charge >= 0.3 is 0 Å². The van der Waals surface area contributed by atoms with E-state index in [0.29, 0.717) is 24.9 Å². The summed E-state index contributed by atoms with van der Waals surface area (Å²) in [5, 5.41) is 3.39. The largest absolute Gasteiger partial charge is 0.347 e. The van der Waals surface area contributed by atoms with Crippen LogP contribution in [0.3, 0.4) is 0 Å². The van der Waals surface area contributed by atoms with Crippen LogP contribution in [0.4, 0.5) is 0 Å². The summed E-state index contributed by atoms with van der Waals surface area (Å²) >= 11 is 0. The maximum atomic E-state index is 12.9. The second-order valence-corrected chi connectivity index (χ2v) is 9.22. The number of carbonyl (C=O) groups excluding carboxylic acids is 3. The van der Waals surface area contributed by atoms with Crippen LogP contribution < -0.4 is 5.32 Å². The molecule has 1 N–H and O–H groups in total. The van der Waals surface area contributed by atoms with Crippen molar-refractivity contribution in [2.24, 2.45) is 17.8 Å². The van der Waals surface area contributed by atoms with Gasteiger partial charge in [-0.05, 0) is 74.0 Å². The van der Waals surface area contributed by atoms with Crippen LogP contribution in [0.1, 0.15) is 67.3 Å².